The smallest absolute Gasteiger partial charge is 0.347 e. The van der Waals surface area contributed by atoms with E-state index in [0.29, 0.717) is 5.56 Å². The van der Waals surface area contributed by atoms with Crippen molar-refractivity contribution in [1.82, 2.24) is 4.72 Å². The van der Waals surface area contributed by atoms with Gasteiger partial charge in [-0.25, -0.2) is 17.9 Å². The zero-order valence-electron chi connectivity index (χ0n) is 10.3. The minimum absolute atomic E-state index is 0.117. The minimum Gasteiger partial charge on any atom is -0.477 e. The lowest BCUT2D eigenvalue weighted by molar-refractivity contribution is 0.0698. The molecule has 1 unspecified atom stereocenters. The minimum atomic E-state index is -3.76. The average molecular weight is 309 g/mol. The Balaban J connectivity index is 3.05. The molecule has 0 saturated heterocycles. The lowest BCUT2D eigenvalue weighted by atomic mass is 10.3. The van der Waals surface area contributed by atoms with E-state index >= 15 is 0 Å². The summed E-state index contributed by atoms with van der Waals surface area (Å²) in [6, 6.07) is 0. The van der Waals surface area contributed by atoms with Crippen molar-refractivity contribution in [2.45, 2.75) is 24.0 Å². The van der Waals surface area contributed by atoms with Gasteiger partial charge < -0.3 is 5.11 Å². The highest BCUT2D eigenvalue weighted by molar-refractivity contribution is 7.99. The van der Waals surface area contributed by atoms with Crippen molar-refractivity contribution in [3.8, 4) is 0 Å². The van der Waals surface area contributed by atoms with Crippen molar-refractivity contribution < 1.29 is 18.3 Å². The molecule has 1 aromatic heterocycles. The zero-order chi connectivity index (χ0) is 13.9. The van der Waals surface area contributed by atoms with Crippen LogP contribution in [0, 0.1) is 6.92 Å². The van der Waals surface area contributed by atoms with Gasteiger partial charge in [0.2, 0.25) is 10.0 Å². The Bertz CT molecular complexity index is 535. The summed E-state index contributed by atoms with van der Waals surface area (Å²) in [4.78, 5) is 10.7. The van der Waals surface area contributed by atoms with Gasteiger partial charge in [0.1, 0.15) is 9.77 Å². The Kier molecular flexibility index (Phi) is 5.20. The number of aryl methyl sites for hydroxylation is 1. The second-order valence-electron chi connectivity index (χ2n) is 3.78. The Morgan fingerprint density at radius 2 is 2.22 bits per heavy atom. The zero-order valence-corrected chi connectivity index (χ0v) is 12.7. The quantitative estimate of drug-likeness (QED) is 0.837. The van der Waals surface area contributed by atoms with Crippen molar-refractivity contribution >= 4 is 39.1 Å². The van der Waals surface area contributed by atoms with E-state index in [1.54, 1.807) is 6.92 Å². The molecule has 2 N–H and O–H groups in total. The lowest BCUT2D eigenvalue weighted by Gasteiger charge is -2.11. The summed E-state index contributed by atoms with van der Waals surface area (Å²) in [5.41, 5.74) is 0.460. The van der Waals surface area contributed by atoms with E-state index in [9.17, 15) is 13.2 Å². The fourth-order valence-corrected chi connectivity index (χ4v) is 4.41. The predicted octanol–water partition coefficient (Wildman–Crippen LogP) is 1.78. The molecule has 18 heavy (non-hydrogen) atoms. The number of aromatic carboxylic acids is 1. The van der Waals surface area contributed by atoms with Crippen molar-refractivity contribution in [3.05, 3.63) is 15.8 Å². The summed E-state index contributed by atoms with van der Waals surface area (Å²) in [5, 5.41) is 10.6. The fourth-order valence-electron chi connectivity index (χ4n) is 1.30. The van der Waals surface area contributed by atoms with Crippen molar-refractivity contribution in [3.63, 3.8) is 0 Å². The van der Waals surface area contributed by atoms with Gasteiger partial charge in [-0.15, -0.1) is 11.3 Å². The maximum absolute atomic E-state index is 12.1. The van der Waals surface area contributed by atoms with Gasteiger partial charge in [-0.3, -0.25) is 0 Å². The van der Waals surface area contributed by atoms with Crippen LogP contribution in [0.5, 0.6) is 0 Å². The van der Waals surface area contributed by atoms with Gasteiger partial charge in [0.15, 0.2) is 0 Å². The van der Waals surface area contributed by atoms with Gasteiger partial charge >= 0.3 is 5.97 Å². The molecule has 1 rings (SSSR count). The van der Waals surface area contributed by atoms with Crippen LogP contribution in [-0.2, 0) is 10.0 Å². The van der Waals surface area contributed by atoms with Crippen LogP contribution in [0.1, 0.15) is 22.2 Å². The number of carboxylic acids is 1. The molecule has 8 heteroatoms. The molecule has 0 aromatic carbocycles. The second-order valence-corrected chi connectivity index (χ2v) is 7.64. The average Bonchev–Trinajstić information content (AvgIpc) is 2.69. The molecule has 0 amide bonds. The number of sulfonamides is 1. The monoisotopic (exact) mass is 309 g/mol. The van der Waals surface area contributed by atoms with E-state index in [1.807, 2.05) is 13.2 Å². The van der Waals surface area contributed by atoms with Crippen molar-refractivity contribution in [1.29, 1.82) is 0 Å². The van der Waals surface area contributed by atoms with Crippen LogP contribution in [0.25, 0.3) is 0 Å². The Morgan fingerprint density at radius 1 is 1.61 bits per heavy atom. The first-order valence-corrected chi connectivity index (χ1v) is 8.78. The molecular formula is C10H15NO4S3. The van der Waals surface area contributed by atoms with E-state index in [2.05, 4.69) is 4.72 Å². The van der Waals surface area contributed by atoms with Crippen LogP contribution in [-0.4, -0.2) is 37.5 Å². The molecule has 0 bridgehead atoms. The molecule has 0 spiro atoms. The summed E-state index contributed by atoms with van der Waals surface area (Å²) in [7, 11) is -3.76. The molecule has 0 saturated carbocycles. The van der Waals surface area contributed by atoms with Gasteiger partial charge in [0.25, 0.3) is 0 Å². The van der Waals surface area contributed by atoms with Crippen LogP contribution in [0.3, 0.4) is 0 Å². The lowest BCUT2D eigenvalue weighted by Crippen LogP contribution is -2.30. The second kappa shape index (κ2) is 6.05. The maximum Gasteiger partial charge on any atom is 0.347 e. The molecule has 102 valence electrons. The first kappa shape index (κ1) is 15.5. The molecular weight excluding hydrogens is 294 g/mol. The first-order valence-electron chi connectivity index (χ1n) is 5.13. The van der Waals surface area contributed by atoms with Crippen LogP contribution in [0.15, 0.2) is 10.3 Å². The fraction of sp³-hybridized carbons (Fsp3) is 0.500. The number of thioether (sulfide) groups is 1. The van der Waals surface area contributed by atoms with Crippen LogP contribution in [0.2, 0.25) is 0 Å². The van der Waals surface area contributed by atoms with E-state index in [-0.39, 0.29) is 21.6 Å². The van der Waals surface area contributed by atoms with Crippen LogP contribution < -0.4 is 4.72 Å². The van der Waals surface area contributed by atoms with Crippen molar-refractivity contribution in [2.75, 3.05) is 12.8 Å². The molecule has 5 nitrogen and oxygen atoms in total. The normalized spacial score (nSPS) is 13.5. The largest absolute Gasteiger partial charge is 0.477 e. The van der Waals surface area contributed by atoms with Gasteiger partial charge in [-0.05, 0) is 24.1 Å². The SMILES string of the molecule is CSC(C)CNS(=O)(=O)c1c(C)csc1C(=O)O. The third kappa shape index (κ3) is 3.47. The summed E-state index contributed by atoms with van der Waals surface area (Å²) in [5.74, 6) is -1.22. The summed E-state index contributed by atoms with van der Waals surface area (Å²) in [6.45, 7) is 3.76. The number of carbonyl (C=O) groups is 1. The molecule has 0 radical (unpaired) electrons. The first-order chi connectivity index (χ1) is 8.29. The predicted molar refractivity (Wildman–Crippen MR) is 74.2 cm³/mol. The molecule has 1 aromatic rings. The number of hydrogen-bond donors (Lipinski definition) is 2. The Morgan fingerprint density at radius 3 is 2.72 bits per heavy atom. The molecule has 1 atom stereocenters. The van der Waals surface area contributed by atoms with E-state index in [0.717, 1.165) is 11.3 Å². The summed E-state index contributed by atoms with van der Waals surface area (Å²) >= 11 is 2.46. The topological polar surface area (TPSA) is 83.5 Å². The number of carboxylic acid groups (broad SMARTS) is 1. The number of thiophene rings is 1. The van der Waals surface area contributed by atoms with E-state index in [4.69, 9.17) is 5.11 Å². The number of hydrogen-bond acceptors (Lipinski definition) is 5. The van der Waals surface area contributed by atoms with Crippen LogP contribution in [0.4, 0.5) is 0 Å². The highest BCUT2D eigenvalue weighted by Crippen LogP contribution is 2.26. The number of rotatable bonds is 6. The van der Waals surface area contributed by atoms with Crippen molar-refractivity contribution in [2.24, 2.45) is 0 Å². The Hall–Kier alpha value is -0.570. The summed E-state index contributed by atoms with van der Waals surface area (Å²) < 4.78 is 26.6. The van der Waals surface area contributed by atoms with Gasteiger partial charge in [-0.1, -0.05) is 6.92 Å². The van der Waals surface area contributed by atoms with Gasteiger partial charge in [0, 0.05) is 11.8 Å². The third-order valence-corrected chi connectivity index (χ3v) is 6.14. The highest BCUT2D eigenvalue weighted by Gasteiger charge is 2.26. The van der Waals surface area contributed by atoms with E-state index < -0.39 is 16.0 Å². The standard InChI is InChI=1S/C10H15NO4S3/c1-6-5-17-8(10(12)13)9(6)18(14,15)11-4-7(2)16-3/h5,7,11H,4H2,1-3H3,(H,12,13). The van der Waals surface area contributed by atoms with Gasteiger partial charge in [-0.2, -0.15) is 11.8 Å². The number of nitrogens with one attached hydrogen (secondary N) is 1. The van der Waals surface area contributed by atoms with E-state index in [1.165, 1.54) is 17.1 Å². The molecule has 0 aliphatic heterocycles. The third-order valence-electron chi connectivity index (χ3n) is 2.34. The van der Waals surface area contributed by atoms with Gasteiger partial charge in [0.05, 0.1) is 0 Å². The highest BCUT2D eigenvalue weighted by atomic mass is 32.2. The molecule has 1 heterocycles. The van der Waals surface area contributed by atoms with Crippen LogP contribution >= 0.6 is 23.1 Å². The molecule has 0 aliphatic carbocycles. The Labute approximate surface area is 115 Å². The molecule has 0 fully saturated rings. The molecule has 0 aliphatic rings. The summed E-state index contributed by atoms with van der Waals surface area (Å²) in [6.07, 6.45) is 1.89. The maximum atomic E-state index is 12.1.